The van der Waals surface area contributed by atoms with Gasteiger partial charge in [-0.15, -0.1) is 0 Å². The van der Waals surface area contributed by atoms with Crippen molar-refractivity contribution < 1.29 is 4.79 Å². The van der Waals surface area contributed by atoms with Gasteiger partial charge in [-0.2, -0.15) is 0 Å². The maximum absolute atomic E-state index is 11.8. The Morgan fingerprint density at radius 3 is 2.78 bits per heavy atom. The van der Waals surface area contributed by atoms with Crippen LogP contribution >= 0.6 is 0 Å². The average molecular weight is 248 g/mol. The molecule has 5 heteroatoms. The van der Waals surface area contributed by atoms with Gasteiger partial charge in [0.2, 0.25) is 0 Å². The zero-order valence-corrected chi connectivity index (χ0v) is 10.7. The van der Waals surface area contributed by atoms with Crippen LogP contribution < -0.4 is 16.0 Å². The first-order valence-electron chi connectivity index (χ1n) is 6.42. The molecule has 0 aliphatic carbocycles. The molecule has 1 aromatic rings. The number of anilines is 1. The molecule has 0 aromatic carbocycles. The van der Waals surface area contributed by atoms with Crippen LogP contribution in [-0.2, 0) is 0 Å². The second-order valence-electron chi connectivity index (χ2n) is 4.71. The summed E-state index contributed by atoms with van der Waals surface area (Å²) in [6.45, 7) is 4.43. The molecular formula is C13H20N4O. The lowest BCUT2D eigenvalue weighted by Gasteiger charge is -2.16. The SMILES string of the molecule is C[C@@H](CN)NC(=O)c1ccc(N2CCCC2)nc1. The normalized spacial score (nSPS) is 16.7. The molecule has 1 saturated heterocycles. The summed E-state index contributed by atoms with van der Waals surface area (Å²) in [6.07, 6.45) is 4.07. The van der Waals surface area contributed by atoms with E-state index in [1.165, 1.54) is 12.8 Å². The highest BCUT2D eigenvalue weighted by Gasteiger charge is 2.14. The first-order valence-corrected chi connectivity index (χ1v) is 6.42. The number of nitrogens with zero attached hydrogens (tertiary/aromatic N) is 2. The predicted octanol–water partition coefficient (Wildman–Crippen LogP) is 0.759. The number of carbonyl (C=O) groups excluding carboxylic acids is 1. The Hall–Kier alpha value is -1.62. The van der Waals surface area contributed by atoms with E-state index >= 15 is 0 Å². The molecule has 98 valence electrons. The number of nitrogens with two attached hydrogens (primary N) is 1. The van der Waals surface area contributed by atoms with Gasteiger partial charge in [0.1, 0.15) is 5.82 Å². The van der Waals surface area contributed by atoms with Gasteiger partial charge in [-0.25, -0.2) is 4.98 Å². The fourth-order valence-electron chi connectivity index (χ4n) is 2.02. The zero-order valence-electron chi connectivity index (χ0n) is 10.7. The first kappa shape index (κ1) is 12.8. The lowest BCUT2D eigenvalue weighted by Crippen LogP contribution is -2.37. The minimum atomic E-state index is -0.117. The van der Waals surface area contributed by atoms with E-state index in [4.69, 9.17) is 5.73 Å². The molecule has 1 aliphatic rings. The minimum Gasteiger partial charge on any atom is -0.357 e. The molecule has 0 bridgehead atoms. The van der Waals surface area contributed by atoms with Gasteiger partial charge in [-0.1, -0.05) is 0 Å². The number of aromatic nitrogens is 1. The van der Waals surface area contributed by atoms with E-state index in [2.05, 4.69) is 15.2 Å². The molecule has 0 spiro atoms. The van der Waals surface area contributed by atoms with Crippen molar-refractivity contribution in [3.05, 3.63) is 23.9 Å². The van der Waals surface area contributed by atoms with Crippen LogP contribution in [0.5, 0.6) is 0 Å². The highest BCUT2D eigenvalue weighted by Crippen LogP contribution is 2.17. The number of hydrogen-bond donors (Lipinski definition) is 2. The fraction of sp³-hybridized carbons (Fsp3) is 0.538. The standard InChI is InChI=1S/C13H20N4O/c1-10(8-14)16-13(18)11-4-5-12(15-9-11)17-6-2-3-7-17/h4-5,9-10H,2-3,6-8,14H2,1H3,(H,16,18)/t10-/m0/s1. The summed E-state index contributed by atoms with van der Waals surface area (Å²) in [5.74, 6) is 0.837. The molecule has 0 saturated carbocycles. The van der Waals surface area contributed by atoms with Crippen molar-refractivity contribution in [2.24, 2.45) is 5.73 Å². The molecule has 1 fully saturated rings. The molecule has 18 heavy (non-hydrogen) atoms. The lowest BCUT2D eigenvalue weighted by atomic mass is 10.2. The Labute approximate surface area is 107 Å². The second-order valence-corrected chi connectivity index (χ2v) is 4.71. The summed E-state index contributed by atoms with van der Waals surface area (Å²) in [5, 5.41) is 2.82. The van der Waals surface area contributed by atoms with Gasteiger partial charge in [0.05, 0.1) is 5.56 Å². The van der Waals surface area contributed by atoms with Gasteiger partial charge in [0.15, 0.2) is 0 Å². The molecule has 1 aromatic heterocycles. The third-order valence-corrected chi connectivity index (χ3v) is 3.17. The number of rotatable bonds is 4. The summed E-state index contributed by atoms with van der Waals surface area (Å²) < 4.78 is 0. The van der Waals surface area contributed by atoms with Gasteiger partial charge in [-0.3, -0.25) is 4.79 Å². The molecule has 5 nitrogen and oxygen atoms in total. The van der Waals surface area contributed by atoms with E-state index in [9.17, 15) is 4.79 Å². The number of amides is 1. The van der Waals surface area contributed by atoms with Gasteiger partial charge < -0.3 is 16.0 Å². The Balaban J connectivity index is 2.00. The maximum atomic E-state index is 11.8. The second kappa shape index (κ2) is 5.82. The highest BCUT2D eigenvalue weighted by atomic mass is 16.1. The minimum absolute atomic E-state index is 0.0178. The number of carbonyl (C=O) groups is 1. The molecule has 2 rings (SSSR count). The summed E-state index contributed by atoms with van der Waals surface area (Å²) in [5.41, 5.74) is 6.05. The first-order chi connectivity index (χ1) is 8.70. The summed E-state index contributed by atoms with van der Waals surface area (Å²) in [7, 11) is 0. The average Bonchev–Trinajstić information content (AvgIpc) is 2.92. The van der Waals surface area contributed by atoms with Crippen molar-refractivity contribution in [2.75, 3.05) is 24.5 Å². The van der Waals surface area contributed by atoms with E-state index in [1.54, 1.807) is 6.20 Å². The number of hydrogen-bond acceptors (Lipinski definition) is 4. The monoisotopic (exact) mass is 248 g/mol. The third-order valence-electron chi connectivity index (χ3n) is 3.17. The van der Waals surface area contributed by atoms with Gasteiger partial charge in [0, 0.05) is 31.9 Å². The van der Waals surface area contributed by atoms with Crippen LogP contribution in [-0.4, -0.2) is 36.6 Å². The van der Waals surface area contributed by atoms with E-state index in [-0.39, 0.29) is 11.9 Å². The van der Waals surface area contributed by atoms with Crippen LogP contribution in [0.4, 0.5) is 5.82 Å². The van der Waals surface area contributed by atoms with Crippen LogP contribution in [0.15, 0.2) is 18.3 Å². The Kier molecular flexibility index (Phi) is 4.15. The van der Waals surface area contributed by atoms with Crippen molar-refractivity contribution >= 4 is 11.7 Å². The largest absolute Gasteiger partial charge is 0.357 e. The number of pyridine rings is 1. The van der Waals surface area contributed by atoms with Crippen molar-refractivity contribution in [3.8, 4) is 0 Å². The zero-order chi connectivity index (χ0) is 13.0. The van der Waals surface area contributed by atoms with Gasteiger partial charge >= 0.3 is 0 Å². The molecule has 2 heterocycles. The summed E-state index contributed by atoms with van der Waals surface area (Å²) >= 11 is 0. The van der Waals surface area contributed by atoms with Gasteiger partial charge in [-0.05, 0) is 31.9 Å². The number of nitrogens with one attached hydrogen (secondary N) is 1. The quantitative estimate of drug-likeness (QED) is 0.825. The smallest absolute Gasteiger partial charge is 0.253 e. The van der Waals surface area contributed by atoms with Crippen LogP contribution in [0.3, 0.4) is 0 Å². The molecule has 1 atom stereocenters. The van der Waals surface area contributed by atoms with E-state index in [0.717, 1.165) is 18.9 Å². The van der Waals surface area contributed by atoms with E-state index < -0.39 is 0 Å². The molecular weight excluding hydrogens is 228 g/mol. The lowest BCUT2D eigenvalue weighted by molar-refractivity contribution is 0.0941. The van der Waals surface area contributed by atoms with Crippen LogP contribution in [0, 0.1) is 0 Å². The topological polar surface area (TPSA) is 71.2 Å². The molecule has 0 radical (unpaired) electrons. The Morgan fingerprint density at radius 1 is 1.50 bits per heavy atom. The van der Waals surface area contributed by atoms with E-state index in [0.29, 0.717) is 12.1 Å². The van der Waals surface area contributed by atoms with Crippen molar-refractivity contribution in [1.82, 2.24) is 10.3 Å². The molecule has 1 aliphatic heterocycles. The van der Waals surface area contributed by atoms with Crippen molar-refractivity contribution in [2.45, 2.75) is 25.8 Å². The highest BCUT2D eigenvalue weighted by molar-refractivity contribution is 5.94. The third kappa shape index (κ3) is 2.98. The maximum Gasteiger partial charge on any atom is 0.253 e. The summed E-state index contributed by atoms with van der Waals surface area (Å²) in [4.78, 5) is 18.4. The van der Waals surface area contributed by atoms with Crippen LogP contribution in [0.1, 0.15) is 30.1 Å². The van der Waals surface area contributed by atoms with Crippen molar-refractivity contribution in [1.29, 1.82) is 0 Å². The summed E-state index contributed by atoms with van der Waals surface area (Å²) in [6, 6.07) is 3.71. The fourth-order valence-corrected chi connectivity index (χ4v) is 2.02. The molecule has 3 N–H and O–H groups in total. The van der Waals surface area contributed by atoms with Gasteiger partial charge in [0.25, 0.3) is 5.91 Å². The van der Waals surface area contributed by atoms with Crippen molar-refractivity contribution in [3.63, 3.8) is 0 Å². The Bertz CT molecular complexity index is 398. The van der Waals surface area contributed by atoms with E-state index in [1.807, 2.05) is 19.1 Å². The van der Waals surface area contributed by atoms with Crippen LogP contribution in [0.2, 0.25) is 0 Å². The Morgan fingerprint density at radius 2 is 2.22 bits per heavy atom. The van der Waals surface area contributed by atoms with Crippen LogP contribution in [0.25, 0.3) is 0 Å². The molecule has 0 unspecified atom stereocenters. The molecule has 1 amide bonds. The predicted molar refractivity (Wildman–Crippen MR) is 71.7 cm³/mol.